The lowest BCUT2D eigenvalue weighted by atomic mass is 9.90. The minimum Gasteiger partial charge on any atom is -0.309 e. The molecule has 0 bridgehead atoms. The third-order valence-corrected chi connectivity index (χ3v) is 10.7. The molecule has 0 saturated heterocycles. The number of rotatable bonds is 3. The monoisotopic (exact) mass is 601 g/mol. The molecule has 0 unspecified atom stereocenters. The number of hydrogen-bond acceptors (Lipinski definition) is 1. The van der Waals surface area contributed by atoms with Crippen molar-refractivity contribution in [1.82, 2.24) is 4.57 Å². The van der Waals surface area contributed by atoms with Gasteiger partial charge in [-0.05, 0) is 104 Å². The van der Waals surface area contributed by atoms with Crippen molar-refractivity contribution >= 4 is 74.9 Å². The molecule has 0 radical (unpaired) electrons. The van der Waals surface area contributed by atoms with E-state index in [1.807, 2.05) is 11.3 Å². The van der Waals surface area contributed by atoms with E-state index in [0.29, 0.717) is 0 Å². The third kappa shape index (κ3) is 3.81. The van der Waals surface area contributed by atoms with Gasteiger partial charge in [0.05, 0.1) is 11.0 Å². The van der Waals surface area contributed by atoms with Crippen LogP contribution in [0.4, 0.5) is 0 Å². The van der Waals surface area contributed by atoms with Gasteiger partial charge in [-0.1, -0.05) is 103 Å². The van der Waals surface area contributed by atoms with Crippen LogP contribution < -0.4 is 0 Å². The Hall–Kier alpha value is -5.70. The van der Waals surface area contributed by atoms with E-state index >= 15 is 0 Å². The average Bonchev–Trinajstić information content (AvgIpc) is 3.65. The zero-order valence-corrected chi connectivity index (χ0v) is 25.8. The first-order valence-electron chi connectivity index (χ1n) is 15.8. The van der Waals surface area contributed by atoms with Gasteiger partial charge in [-0.2, -0.15) is 0 Å². The summed E-state index contributed by atoms with van der Waals surface area (Å²) in [5, 5.41) is 10.4. The smallest absolute Gasteiger partial charge is 0.0541 e. The van der Waals surface area contributed by atoms with E-state index in [4.69, 9.17) is 0 Å². The number of fused-ring (bicyclic) bond motifs is 9. The molecule has 10 aromatic rings. The Balaban J connectivity index is 1.29. The molecule has 0 aliphatic rings. The SMILES string of the molecule is c1ccc(-c2ccc3c(c2)c(-c2ccc4c(c2)c2ccccc2n4-c2ccccc2)cc2cc4sc5ccccc5c4cc23)cc1. The van der Waals surface area contributed by atoms with Crippen molar-refractivity contribution in [3.63, 3.8) is 0 Å². The van der Waals surface area contributed by atoms with Gasteiger partial charge < -0.3 is 4.57 Å². The van der Waals surface area contributed by atoms with Gasteiger partial charge in [0.2, 0.25) is 0 Å². The maximum absolute atomic E-state index is 2.43. The van der Waals surface area contributed by atoms with Crippen LogP contribution in [0.2, 0.25) is 0 Å². The van der Waals surface area contributed by atoms with Crippen LogP contribution in [0.3, 0.4) is 0 Å². The second-order valence-corrected chi connectivity index (χ2v) is 13.2. The minimum absolute atomic E-state index is 1.18. The lowest BCUT2D eigenvalue weighted by Gasteiger charge is -2.14. The lowest BCUT2D eigenvalue weighted by molar-refractivity contribution is 1.18. The normalized spacial score (nSPS) is 11.9. The summed E-state index contributed by atoms with van der Waals surface area (Å²) in [4.78, 5) is 0. The summed E-state index contributed by atoms with van der Waals surface area (Å²) in [6.45, 7) is 0. The van der Waals surface area contributed by atoms with Gasteiger partial charge in [0.25, 0.3) is 0 Å². The number of benzene rings is 8. The molecule has 2 heterocycles. The summed E-state index contributed by atoms with van der Waals surface area (Å²) < 4.78 is 5.06. The summed E-state index contributed by atoms with van der Waals surface area (Å²) in [7, 11) is 0. The van der Waals surface area contributed by atoms with Gasteiger partial charge in [-0.3, -0.25) is 0 Å². The summed E-state index contributed by atoms with van der Waals surface area (Å²) in [5.41, 5.74) is 8.59. The van der Waals surface area contributed by atoms with Crippen LogP contribution >= 0.6 is 11.3 Å². The number of hydrogen-bond donors (Lipinski definition) is 0. The molecule has 1 nitrogen and oxygen atoms in total. The van der Waals surface area contributed by atoms with Crippen molar-refractivity contribution in [1.29, 1.82) is 0 Å². The van der Waals surface area contributed by atoms with Crippen LogP contribution in [-0.2, 0) is 0 Å². The zero-order chi connectivity index (χ0) is 30.2. The molecular formula is C44H27NS. The quantitative estimate of drug-likeness (QED) is 0.178. The number of aromatic nitrogens is 1. The molecule has 0 atom stereocenters. The molecule has 214 valence electrons. The number of thiophene rings is 1. The predicted molar refractivity (Wildman–Crippen MR) is 200 cm³/mol. The Labute approximate surface area is 270 Å². The van der Waals surface area contributed by atoms with E-state index in [-0.39, 0.29) is 0 Å². The van der Waals surface area contributed by atoms with E-state index < -0.39 is 0 Å². The first-order chi connectivity index (χ1) is 22.8. The van der Waals surface area contributed by atoms with Crippen molar-refractivity contribution in [2.45, 2.75) is 0 Å². The van der Waals surface area contributed by atoms with Gasteiger partial charge in [-0.15, -0.1) is 11.3 Å². The van der Waals surface area contributed by atoms with Crippen molar-refractivity contribution in [2.24, 2.45) is 0 Å². The topological polar surface area (TPSA) is 4.93 Å². The fourth-order valence-electron chi connectivity index (χ4n) is 7.42. The van der Waals surface area contributed by atoms with Gasteiger partial charge in [-0.25, -0.2) is 0 Å². The zero-order valence-electron chi connectivity index (χ0n) is 24.9. The molecule has 0 aliphatic carbocycles. The largest absolute Gasteiger partial charge is 0.309 e. The van der Waals surface area contributed by atoms with Crippen molar-refractivity contribution < 1.29 is 0 Å². The molecule has 0 amide bonds. The highest BCUT2D eigenvalue weighted by atomic mass is 32.1. The maximum atomic E-state index is 2.43. The molecule has 8 aromatic carbocycles. The van der Waals surface area contributed by atoms with Gasteiger partial charge >= 0.3 is 0 Å². The van der Waals surface area contributed by atoms with E-state index in [1.165, 1.54) is 91.5 Å². The Morgan fingerprint density at radius 1 is 0.348 bits per heavy atom. The van der Waals surface area contributed by atoms with Gasteiger partial charge in [0.1, 0.15) is 0 Å². The highest BCUT2D eigenvalue weighted by Gasteiger charge is 2.17. The Kier molecular flexibility index (Phi) is 5.51. The Bertz CT molecular complexity index is 2790. The van der Waals surface area contributed by atoms with Crippen LogP contribution in [-0.4, -0.2) is 4.57 Å². The fourth-order valence-corrected chi connectivity index (χ4v) is 8.56. The molecule has 10 rings (SSSR count). The average molecular weight is 602 g/mol. The van der Waals surface area contributed by atoms with Gasteiger partial charge in [0.15, 0.2) is 0 Å². The minimum atomic E-state index is 1.18. The van der Waals surface area contributed by atoms with Crippen LogP contribution in [0.25, 0.3) is 91.5 Å². The summed E-state index contributed by atoms with van der Waals surface area (Å²) in [5.74, 6) is 0. The number of para-hydroxylation sites is 2. The molecular weight excluding hydrogens is 575 g/mol. The van der Waals surface area contributed by atoms with Crippen LogP contribution in [0, 0.1) is 0 Å². The highest BCUT2D eigenvalue weighted by molar-refractivity contribution is 7.25. The van der Waals surface area contributed by atoms with Crippen molar-refractivity contribution in [3.8, 4) is 27.9 Å². The molecule has 2 aromatic heterocycles. The van der Waals surface area contributed by atoms with Crippen molar-refractivity contribution in [3.05, 3.63) is 164 Å². The van der Waals surface area contributed by atoms with Crippen molar-refractivity contribution in [2.75, 3.05) is 0 Å². The van der Waals surface area contributed by atoms with E-state index in [1.54, 1.807) is 0 Å². The van der Waals surface area contributed by atoms with Gasteiger partial charge in [0, 0.05) is 36.6 Å². The predicted octanol–water partition coefficient (Wildman–Crippen LogP) is 12.8. The van der Waals surface area contributed by atoms with Crippen LogP contribution in [0.5, 0.6) is 0 Å². The van der Waals surface area contributed by atoms with E-state index in [9.17, 15) is 0 Å². The molecule has 0 fully saturated rings. The Morgan fingerprint density at radius 3 is 1.91 bits per heavy atom. The molecule has 0 N–H and O–H groups in total. The molecule has 0 spiro atoms. The first-order valence-corrected chi connectivity index (χ1v) is 16.6. The van der Waals surface area contributed by atoms with E-state index in [2.05, 4.69) is 168 Å². The highest BCUT2D eigenvalue weighted by Crippen LogP contribution is 2.43. The van der Waals surface area contributed by atoms with E-state index in [0.717, 1.165) is 0 Å². The Morgan fingerprint density at radius 2 is 1.04 bits per heavy atom. The maximum Gasteiger partial charge on any atom is 0.0541 e. The summed E-state index contributed by atoms with van der Waals surface area (Å²) in [6.07, 6.45) is 0. The van der Waals surface area contributed by atoms with Crippen LogP contribution in [0.1, 0.15) is 0 Å². The standard InChI is InChI=1S/C44H27NS/c1-3-11-28(12-4-1)29-19-21-33-37-27-40-35-16-8-10-18-43(35)46-44(40)26-31(37)25-36(38(33)23-29)30-20-22-42-39(24-30)34-15-7-9-17-41(34)45(42)32-13-5-2-6-14-32/h1-27H. The molecule has 46 heavy (non-hydrogen) atoms. The third-order valence-electron chi connectivity index (χ3n) is 9.55. The molecule has 0 aliphatic heterocycles. The lowest BCUT2D eigenvalue weighted by Crippen LogP contribution is -1.93. The second-order valence-electron chi connectivity index (χ2n) is 12.1. The van der Waals surface area contributed by atoms with Crippen LogP contribution in [0.15, 0.2) is 164 Å². The summed E-state index contributed by atoms with van der Waals surface area (Å²) in [6, 6.07) is 60.3. The molecule has 0 saturated carbocycles. The number of nitrogens with zero attached hydrogens (tertiary/aromatic N) is 1. The molecule has 2 heteroatoms. The first kappa shape index (κ1) is 25.6. The second kappa shape index (κ2) is 9.90. The fraction of sp³-hybridized carbons (Fsp3) is 0. The summed E-state index contributed by atoms with van der Waals surface area (Å²) >= 11 is 1.88.